The minimum absolute atomic E-state index is 0.354. The summed E-state index contributed by atoms with van der Waals surface area (Å²) in [4.78, 5) is -0.354. The van der Waals surface area contributed by atoms with E-state index in [4.69, 9.17) is 11.6 Å². The minimum atomic E-state index is -0.354. The molecule has 0 aliphatic rings. The second-order valence-electron chi connectivity index (χ2n) is 2.24. The van der Waals surface area contributed by atoms with Gasteiger partial charge in [0.2, 0.25) is 0 Å². The van der Waals surface area contributed by atoms with Crippen LogP contribution >= 0.6 is 11.6 Å². The quantitative estimate of drug-likeness (QED) is 0.465. The van der Waals surface area contributed by atoms with Gasteiger partial charge in [0.1, 0.15) is 5.00 Å². The van der Waals surface area contributed by atoms with Crippen molar-refractivity contribution in [3.05, 3.63) is 12.4 Å². The number of rotatable bonds is 3. The molecule has 2 nitrogen and oxygen atoms in total. The van der Waals surface area contributed by atoms with Crippen molar-refractivity contribution in [3.8, 4) is 0 Å². The first-order valence-corrected chi connectivity index (χ1v) is 3.23. The molecule has 0 fully saturated rings. The summed E-state index contributed by atoms with van der Waals surface area (Å²) in [5.41, 5.74) is 0. The second kappa shape index (κ2) is 3.62. The third kappa shape index (κ3) is 7.63. The van der Waals surface area contributed by atoms with Gasteiger partial charge in [-0.2, -0.15) is 0 Å². The Labute approximate surface area is 61.3 Å². The van der Waals surface area contributed by atoms with E-state index in [0.717, 1.165) is 0 Å². The molecule has 0 rings (SSSR count). The molecule has 0 unspecified atom stereocenters. The normalized spacial score (nSPS) is 12.0. The first-order chi connectivity index (χ1) is 4.06. The highest BCUT2D eigenvalue weighted by Crippen LogP contribution is 2.05. The van der Waals surface area contributed by atoms with Gasteiger partial charge < -0.3 is 10.6 Å². The monoisotopic (exact) mass is 148 g/mol. The molecular formula is C6H13ClN2. The summed E-state index contributed by atoms with van der Waals surface area (Å²) in [6, 6.07) is 0. The van der Waals surface area contributed by atoms with Crippen molar-refractivity contribution >= 4 is 11.6 Å². The van der Waals surface area contributed by atoms with Crippen molar-refractivity contribution in [1.82, 2.24) is 10.6 Å². The Morgan fingerprint density at radius 2 is 1.89 bits per heavy atom. The van der Waals surface area contributed by atoms with E-state index in [2.05, 4.69) is 10.6 Å². The van der Waals surface area contributed by atoms with Crippen molar-refractivity contribution in [2.24, 2.45) is 0 Å². The Balaban J connectivity index is 3.38. The fourth-order valence-corrected chi connectivity index (χ4v) is 0.386. The molecule has 0 atom stereocenters. The van der Waals surface area contributed by atoms with Crippen LogP contribution in [0.1, 0.15) is 13.8 Å². The molecular weight excluding hydrogens is 136 g/mol. The van der Waals surface area contributed by atoms with Gasteiger partial charge in [-0.15, -0.1) is 0 Å². The standard InChI is InChI=1S/C6H13ClN2/c1-6(2,7)9-5-4-8-3/h4-5,8-9H,1-3H3/b5-4+. The van der Waals surface area contributed by atoms with Crippen LogP contribution in [0.3, 0.4) is 0 Å². The zero-order valence-corrected chi connectivity index (χ0v) is 6.79. The molecule has 3 heteroatoms. The number of hydrogen-bond donors (Lipinski definition) is 2. The van der Waals surface area contributed by atoms with E-state index < -0.39 is 0 Å². The summed E-state index contributed by atoms with van der Waals surface area (Å²) in [5, 5.41) is 5.78. The Hall–Kier alpha value is -0.370. The Bertz CT molecular complexity index is 93.7. The summed E-state index contributed by atoms with van der Waals surface area (Å²) < 4.78 is 0. The summed E-state index contributed by atoms with van der Waals surface area (Å²) in [6.07, 6.45) is 3.55. The number of halogens is 1. The maximum absolute atomic E-state index is 5.78. The third-order valence-electron chi connectivity index (χ3n) is 0.677. The molecule has 0 bridgehead atoms. The van der Waals surface area contributed by atoms with Crippen LogP contribution in [0.25, 0.3) is 0 Å². The van der Waals surface area contributed by atoms with Crippen molar-refractivity contribution in [2.75, 3.05) is 7.05 Å². The van der Waals surface area contributed by atoms with E-state index in [1.165, 1.54) is 0 Å². The zero-order valence-electron chi connectivity index (χ0n) is 6.03. The largest absolute Gasteiger partial charge is 0.393 e. The number of alkyl halides is 1. The molecule has 0 radical (unpaired) electrons. The summed E-state index contributed by atoms with van der Waals surface area (Å²) in [6.45, 7) is 3.77. The maximum atomic E-state index is 5.78. The molecule has 0 amide bonds. The van der Waals surface area contributed by atoms with Crippen LogP contribution in [0.2, 0.25) is 0 Å². The fraction of sp³-hybridized carbons (Fsp3) is 0.667. The molecule has 0 aromatic heterocycles. The Morgan fingerprint density at radius 1 is 1.33 bits per heavy atom. The first-order valence-electron chi connectivity index (χ1n) is 2.85. The minimum Gasteiger partial charge on any atom is -0.393 e. The van der Waals surface area contributed by atoms with E-state index in [0.29, 0.717) is 0 Å². The molecule has 0 saturated carbocycles. The van der Waals surface area contributed by atoms with E-state index in [1.807, 2.05) is 20.9 Å². The van der Waals surface area contributed by atoms with Gasteiger partial charge in [-0.3, -0.25) is 0 Å². The molecule has 54 valence electrons. The Morgan fingerprint density at radius 3 is 2.22 bits per heavy atom. The van der Waals surface area contributed by atoms with Gasteiger partial charge >= 0.3 is 0 Å². The number of nitrogens with one attached hydrogen (secondary N) is 2. The molecule has 0 aliphatic heterocycles. The highest BCUT2D eigenvalue weighted by atomic mass is 35.5. The van der Waals surface area contributed by atoms with Crippen LogP contribution in [0.5, 0.6) is 0 Å². The lowest BCUT2D eigenvalue weighted by molar-refractivity contribution is 0.624. The average Bonchev–Trinajstić information content (AvgIpc) is 1.63. The van der Waals surface area contributed by atoms with E-state index >= 15 is 0 Å². The van der Waals surface area contributed by atoms with Crippen molar-refractivity contribution in [3.63, 3.8) is 0 Å². The first kappa shape index (κ1) is 8.63. The summed E-state index contributed by atoms with van der Waals surface area (Å²) in [5.74, 6) is 0. The Kier molecular flexibility index (Phi) is 3.47. The highest BCUT2D eigenvalue weighted by molar-refractivity contribution is 6.23. The lowest BCUT2D eigenvalue weighted by Gasteiger charge is -2.15. The summed E-state index contributed by atoms with van der Waals surface area (Å²) in [7, 11) is 1.83. The lowest BCUT2D eigenvalue weighted by atomic mass is 10.4. The second-order valence-corrected chi connectivity index (χ2v) is 3.18. The van der Waals surface area contributed by atoms with Gasteiger partial charge in [0.15, 0.2) is 0 Å². The van der Waals surface area contributed by atoms with Crippen molar-refractivity contribution in [2.45, 2.75) is 18.8 Å². The van der Waals surface area contributed by atoms with Crippen LogP contribution in [0, 0.1) is 0 Å². The molecule has 0 aliphatic carbocycles. The van der Waals surface area contributed by atoms with Gasteiger partial charge in [0.05, 0.1) is 0 Å². The van der Waals surface area contributed by atoms with E-state index in [1.54, 1.807) is 12.4 Å². The molecule has 9 heavy (non-hydrogen) atoms. The predicted molar refractivity (Wildman–Crippen MR) is 41.3 cm³/mol. The van der Waals surface area contributed by atoms with Gasteiger partial charge in [-0.1, -0.05) is 11.6 Å². The van der Waals surface area contributed by atoms with E-state index in [9.17, 15) is 0 Å². The predicted octanol–water partition coefficient (Wildman–Crippen LogP) is 1.24. The molecule has 0 heterocycles. The smallest absolute Gasteiger partial charge is 0.106 e. The van der Waals surface area contributed by atoms with Crippen LogP contribution < -0.4 is 10.6 Å². The lowest BCUT2D eigenvalue weighted by Crippen LogP contribution is -2.28. The maximum Gasteiger partial charge on any atom is 0.106 e. The zero-order chi connectivity index (χ0) is 7.33. The fourth-order valence-electron chi connectivity index (χ4n) is 0.323. The van der Waals surface area contributed by atoms with Crippen LogP contribution in [0.4, 0.5) is 0 Å². The average molecular weight is 149 g/mol. The third-order valence-corrected chi connectivity index (χ3v) is 0.786. The van der Waals surface area contributed by atoms with E-state index in [-0.39, 0.29) is 5.00 Å². The van der Waals surface area contributed by atoms with Gasteiger partial charge in [-0.25, -0.2) is 0 Å². The topological polar surface area (TPSA) is 24.1 Å². The SMILES string of the molecule is CN/C=C/NC(C)(C)Cl. The van der Waals surface area contributed by atoms with Gasteiger partial charge in [0, 0.05) is 19.4 Å². The molecule has 0 saturated heterocycles. The molecule has 0 aromatic rings. The summed E-state index contributed by atoms with van der Waals surface area (Å²) >= 11 is 5.78. The van der Waals surface area contributed by atoms with Crippen molar-refractivity contribution < 1.29 is 0 Å². The number of hydrogen-bond acceptors (Lipinski definition) is 2. The van der Waals surface area contributed by atoms with Crippen molar-refractivity contribution in [1.29, 1.82) is 0 Å². The molecule has 0 aromatic carbocycles. The molecule has 0 spiro atoms. The molecule has 2 N–H and O–H groups in total. The van der Waals surface area contributed by atoms with Gasteiger partial charge in [0.25, 0.3) is 0 Å². The van der Waals surface area contributed by atoms with Gasteiger partial charge in [-0.05, 0) is 13.8 Å². The van der Waals surface area contributed by atoms with Crippen LogP contribution in [-0.4, -0.2) is 12.0 Å². The van der Waals surface area contributed by atoms with Crippen LogP contribution in [-0.2, 0) is 0 Å². The highest BCUT2D eigenvalue weighted by Gasteiger charge is 2.07. The van der Waals surface area contributed by atoms with Crippen LogP contribution in [0.15, 0.2) is 12.4 Å².